The van der Waals surface area contributed by atoms with Crippen LogP contribution in [0.1, 0.15) is 38.6 Å². The number of aryl methyl sites for hydroxylation is 3. The molecule has 2 heterocycles. The normalized spacial score (nSPS) is 10.7. The van der Waals surface area contributed by atoms with Crippen LogP contribution < -0.4 is 0 Å². The maximum atomic E-state index is 11.7. The van der Waals surface area contributed by atoms with Crippen molar-refractivity contribution in [3.05, 3.63) is 82.3 Å². The highest BCUT2D eigenvalue weighted by molar-refractivity contribution is 5.89. The Balaban J connectivity index is 1.95. The minimum atomic E-state index is -0.321. The van der Waals surface area contributed by atoms with Crippen molar-refractivity contribution in [2.75, 3.05) is 7.11 Å². The summed E-state index contributed by atoms with van der Waals surface area (Å²) in [6.45, 7) is 6.24. The number of carbonyl (C=O) groups excluding carboxylic acids is 1. The Labute approximate surface area is 148 Å². The topological polar surface area (TPSA) is 44.1 Å². The molecular weight excluding hydrogens is 312 g/mol. The predicted octanol–water partition coefficient (Wildman–Crippen LogP) is 4.17. The largest absolute Gasteiger partial charge is 0.465 e. The average Bonchev–Trinajstić information content (AvgIpc) is 2.92. The Morgan fingerprint density at radius 3 is 2.44 bits per heavy atom. The van der Waals surface area contributed by atoms with Crippen LogP contribution in [0.3, 0.4) is 0 Å². The first-order valence-electron chi connectivity index (χ1n) is 8.28. The summed E-state index contributed by atoms with van der Waals surface area (Å²) in [4.78, 5) is 16.5. The number of methoxy groups -OCH3 is 1. The molecule has 4 heteroatoms. The number of nitrogens with zero attached hydrogens (tertiary/aromatic N) is 2. The van der Waals surface area contributed by atoms with Gasteiger partial charge in [-0.05, 0) is 68.3 Å². The maximum Gasteiger partial charge on any atom is 0.337 e. The molecule has 0 unspecified atom stereocenters. The quantitative estimate of drug-likeness (QED) is 0.673. The molecule has 128 valence electrons. The van der Waals surface area contributed by atoms with E-state index in [0.29, 0.717) is 12.0 Å². The summed E-state index contributed by atoms with van der Waals surface area (Å²) in [5.41, 5.74) is 6.06. The zero-order valence-electron chi connectivity index (χ0n) is 15.0. The van der Waals surface area contributed by atoms with E-state index < -0.39 is 0 Å². The van der Waals surface area contributed by atoms with Crippen molar-refractivity contribution in [3.63, 3.8) is 0 Å². The molecule has 0 amide bonds. The zero-order chi connectivity index (χ0) is 18.0. The molecule has 2 aromatic heterocycles. The Bertz CT molecular complexity index is 906. The summed E-state index contributed by atoms with van der Waals surface area (Å²) >= 11 is 0. The van der Waals surface area contributed by atoms with Gasteiger partial charge in [0.1, 0.15) is 5.82 Å². The fourth-order valence-corrected chi connectivity index (χ4v) is 3.09. The molecule has 0 saturated heterocycles. The van der Waals surface area contributed by atoms with Crippen LogP contribution in [0.4, 0.5) is 0 Å². The lowest BCUT2D eigenvalue weighted by molar-refractivity contribution is 0.0600. The molecule has 0 aliphatic rings. The number of rotatable bonds is 4. The number of ether oxygens (including phenoxy) is 1. The van der Waals surface area contributed by atoms with Crippen molar-refractivity contribution in [3.8, 4) is 5.82 Å². The highest BCUT2D eigenvalue weighted by Crippen LogP contribution is 2.18. The van der Waals surface area contributed by atoms with Gasteiger partial charge in [-0.3, -0.25) is 0 Å². The highest BCUT2D eigenvalue weighted by atomic mass is 16.5. The van der Waals surface area contributed by atoms with Crippen molar-refractivity contribution >= 4 is 5.97 Å². The summed E-state index contributed by atoms with van der Waals surface area (Å²) in [5, 5.41) is 0. The van der Waals surface area contributed by atoms with Gasteiger partial charge in [-0.25, -0.2) is 9.78 Å². The molecule has 0 fully saturated rings. The third kappa shape index (κ3) is 3.63. The van der Waals surface area contributed by atoms with Crippen molar-refractivity contribution < 1.29 is 9.53 Å². The minimum absolute atomic E-state index is 0.321. The van der Waals surface area contributed by atoms with Gasteiger partial charge in [0.05, 0.1) is 12.7 Å². The van der Waals surface area contributed by atoms with E-state index >= 15 is 0 Å². The second kappa shape index (κ2) is 6.93. The minimum Gasteiger partial charge on any atom is -0.465 e. The number of aromatic nitrogens is 2. The van der Waals surface area contributed by atoms with E-state index in [-0.39, 0.29) is 5.97 Å². The van der Waals surface area contributed by atoms with E-state index in [2.05, 4.69) is 49.6 Å². The van der Waals surface area contributed by atoms with E-state index in [4.69, 9.17) is 9.72 Å². The molecule has 0 aliphatic carbocycles. The summed E-state index contributed by atoms with van der Waals surface area (Å²) < 4.78 is 6.95. The van der Waals surface area contributed by atoms with Crippen molar-refractivity contribution in [2.24, 2.45) is 0 Å². The fraction of sp³-hybridized carbons (Fsp3) is 0.238. The van der Waals surface area contributed by atoms with Gasteiger partial charge in [-0.2, -0.15) is 0 Å². The Hall–Kier alpha value is -2.88. The first-order valence-corrected chi connectivity index (χ1v) is 8.28. The molecule has 4 nitrogen and oxygen atoms in total. The standard InChI is InChI=1S/C21H22N2O2/c1-14-10-19(13-17-6-5-7-18(12-17)21(24)25-4)22-20(11-14)23-15(2)8-9-16(23)3/h5-12H,13H2,1-4H3. The SMILES string of the molecule is COC(=O)c1cccc(Cc2cc(C)cc(-n3c(C)ccc3C)n2)c1. The molecular formula is C21H22N2O2. The number of hydrogen-bond donors (Lipinski definition) is 0. The molecule has 0 saturated carbocycles. The number of pyridine rings is 1. The molecule has 0 spiro atoms. The van der Waals surface area contributed by atoms with Crippen LogP contribution in [0.5, 0.6) is 0 Å². The summed E-state index contributed by atoms with van der Waals surface area (Å²) in [6.07, 6.45) is 0.666. The van der Waals surface area contributed by atoms with Crippen molar-refractivity contribution in [1.29, 1.82) is 0 Å². The van der Waals surface area contributed by atoms with Gasteiger partial charge in [-0.1, -0.05) is 12.1 Å². The van der Waals surface area contributed by atoms with E-state index in [1.165, 1.54) is 7.11 Å². The van der Waals surface area contributed by atoms with Crippen LogP contribution in [-0.4, -0.2) is 22.6 Å². The number of esters is 1. The lowest BCUT2D eigenvalue weighted by Gasteiger charge is -2.12. The molecule has 3 rings (SSSR count). The smallest absolute Gasteiger partial charge is 0.337 e. The molecule has 25 heavy (non-hydrogen) atoms. The predicted molar refractivity (Wildman–Crippen MR) is 98.4 cm³/mol. The Morgan fingerprint density at radius 1 is 1.04 bits per heavy atom. The van der Waals surface area contributed by atoms with E-state index in [1.807, 2.05) is 18.2 Å². The summed E-state index contributed by atoms with van der Waals surface area (Å²) in [7, 11) is 1.39. The molecule has 0 N–H and O–H groups in total. The van der Waals surface area contributed by atoms with Crippen LogP contribution in [0.15, 0.2) is 48.5 Å². The molecule has 0 aliphatic heterocycles. The number of hydrogen-bond acceptors (Lipinski definition) is 3. The lowest BCUT2D eigenvalue weighted by atomic mass is 10.1. The number of benzene rings is 1. The van der Waals surface area contributed by atoms with Crippen LogP contribution in [-0.2, 0) is 11.2 Å². The second-order valence-corrected chi connectivity index (χ2v) is 6.31. The average molecular weight is 334 g/mol. The first kappa shape index (κ1) is 17.0. The monoisotopic (exact) mass is 334 g/mol. The van der Waals surface area contributed by atoms with Crippen molar-refractivity contribution in [2.45, 2.75) is 27.2 Å². The van der Waals surface area contributed by atoms with Gasteiger partial charge in [0.2, 0.25) is 0 Å². The molecule has 0 atom stereocenters. The van der Waals surface area contributed by atoms with Gasteiger partial charge in [0.15, 0.2) is 0 Å². The van der Waals surface area contributed by atoms with E-state index in [1.54, 1.807) is 6.07 Å². The fourth-order valence-electron chi connectivity index (χ4n) is 3.09. The summed E-state index contributed by atoms with van der Waals surface area (Å²) in [5.74, 6) is 0.609. The van der Waals surface area contributed by atoms with Gasteiger partial charge in [-0.15, -0.1) is 0 Å². The molecule has 0 radical (unpaired) electrons. The van der Waals surface area contributed by atoms with Crippen LogP contribution in [0.2, 0.25) is 0 Å². The van der Waals surface area contributed by atoms with E-state index in [0.717, 1.165) is 34.0 Å². The Morgan fingerprint density at radius 2 is 1.76 bits per heavy atom. The molecule has 0 bridgehead atoms. The van der Waals surface area contributed by atoms with Gasteiger partial charge < -0.3 is 9.30 Å². The lowest BCUT2D eigenvalue weighted by Crippen LogP contribution is -2.06. The van der Waals surface area contributed by atoms with E-state index in [9.17, 15) is 4.79 Å². The first-order chi connectivity index (χ1) is 12.0. The second-order valence-electron chi connectivity index (χ2n) is 6.31. The maximum absolute atomic E-state index is 11.7. The third-order valence-corrected chi connectivity index (χ3v) is 4.24. The summed E-state index contributed by atoms with van der Waals surface area (Å²) in [6, 6.07) is 15.9. The molecule has 3 aromatic rings. The van der Waals surface area contributed by atoms with Crippen LogP contribution >= 0.6 is 0 Å². The Kier molecular flexibility index (Phi) is 4.70. The van der Waals surface area contributed by atoms with Crippen molar-refractivity contribution in [1.82, 2.24) is 9.55 Å². The highest BCUT2D eigenvalue weighted by Gasteiger charge is 2.10. The third-order valence-electron chi connectivity index (χ3n) is 4.24. The zero-order valence-corrected chi connectivity index (χ0v) is 15.0. The van der Waals surface area contributed by atoms with Crippen LogP contribution in [0.25, 0.3) is 5.82 Å². The van der Waals surface area contributed by atoms with Gasteiger partial charge >= 0.3 is 5.97 Å². The van der Waals surface area contributed by atoms with Crippen LogP contribution in [0, 0.1) is 20.8 Å². The van der Waals surface area contributed by atoms with Gasteiger partial charge in [0, 0.05) is 23.5 Å². The number of carbonyl (C=O) groups is 1. The molecule has 1 aromatic carbocycles. The van der Waals surface area contributed by atoms with Gasteiger partial charge in [0.25, 0.3) is 0 Å².